The van der Waals surface area contributed by atoms with E-state index in [4.69, 9.17) is 4.52 Å². The summed E-state index contributed by atoms with van der Waals surface area (Å²) in [4.78, 5) is 4.39. The van der Waals surface area contributed by atoms with Crippen molar-refractivity contribution < 1.29 is 22.4 Å². The second kappa shape index (κ2) is 8.04. The molecule has 0 saturated heterocycles. The molecule has 7 heteroatoms. The third kappa shape index (κ3) is 5.12. The Morgan fingerprint density at radius 3 is 2.18 bits per heavy atom. The van der Waals surface area contributed by atoms with Crippen LogP contribution in [0.15, 0.2) is 53.1 Å². The van der Waals surface area contributed by atoms with Crippen molar-refractivity contribution in [3.63, 3.8) is 0 Å². The lowest BCUT2D eigenvalue weighted by Gasteiger charge is -2.09. The number of nitrogens with zero attached hydrogens (tertiary/aromatic N) is 2. The molecule has 4 nitrogen and oxygen atoms in total. The maximum Gasteiger partial charge on any atom is 0.573 e. The molecule has 0 spiro atoms. The molecule has 1 atom stereocenters. The Labute approximate surface area is 161 Å². The summed E-state index contributed by atoms with van der Waals surface area (Å²) in [6, 6.07) is 13.7. The van der Waals surface area contributed by atoms with E-state index in [0.717, 1.165) is 12.0 Å². The van der Waals surface area contributed by atoms with Crippen LogP contribution in [-0.4, -0.2) is 16.5 Å². The summed E-state index contributed by atoms with van der Waals surface area (Å²) in [6.07, 6.45) is -3.70. The third-order valence-corrected chi connectivity index (χ3v) is 4.28. The minimum Gasteiger partial charge on any atom is -0.406 e. The molecule has 1 heterocycles. The zero-order valence-electron chi connectivity index (χ0n) is 15.8. The van der Waals surface area contributed by atoms with Crippen molar-refractivity contribution >= 4 is 0 Å². The van der Waals surface area contributed by atoms with E-state index in [-0.39, 0.29) is 11.7 Å². The van der Waals surface area contributed by atoms with E-state index in [1.807, 2.05) is 6.92 Å². The van der Waals surface area contributed by atoms with Crippen molar-refractivity contribution in [3.05, 3.63) is 65.5 Å². The molecule has 148 valence electrons. The molecule has 0 fully saturated rings. The molecule has 0 aliphatic rings. The van der Waals surface area contributed by atoms with Gasteiger partial charge in [-0.05, 0) is 54.7 Å². The largest absolute Gasteiger partial charge is 0.573 e. The molecule has 3 aromatic rings. The summed E-state index contributed by atoms with van der Waals surface area (Å²) >= 11 is 0. The maximum absolute atomic E-state index is 12.2. The van der Waals surface area contributed by atoms with Crippen LogP contribution in [0.1, 0.15) is 43.7 Å². The van der Waals surface area contributed by atoms with Gasteiger partial charge in [-0.1, -0.05) is 43.3 Å². The predicted octanol–water partition coefficient (Wildman–Crippen LogP) is 5.99. The summed E-state index contributed by atoms with van der Waals surface area (Å²) < 4.78 is 46.0. The van der Waals surface area contributed by atoms with Crippen molar-refractivity contribution in [2.45, 2.75) is 39.5 Å². The standard InChI is InChI=1S/C21H21F3N2O2/c1-13(2)12-15-4-6-16(7-5-15)14(3)20-25-19(26-28-20)17-8-10-18(11-9-17)27-21(22,23)24/h4-11,13-14H,12H2,1-3H3/t14-/m0/s1. The average Bonchev–Trinajstić information content (AvgIpc) is 3.10. The van der Waals surface area contributed by atoms with Crippen LogP contribution in [0.5, 0.6) is 5.75 Å². The van der Waals surface area contributed by atoms with Gasteiger partial charge in [0.25, 0.3) is 0 Å². The SMILES string of the molecule is CC(C)Cc1ccc([C@H](C)c2nc(-c3ccc(OC(F)(F)F)cc3)no2)cc1. The molecule has 2 aromatic carbocycles. The quantitative estimate of drug-likeness (QED) is 0.519. The molecule has 28 heavy (non-hydrogen) atoms. The fraction of sp³-hybridized carbons (Fsp3) is 0.333. The monoisotopic (exact) mass is 390 g/mol. The van der Waals surface area contributed by atoms with Gasteiger partial charge in [-0.3, -0.25) is 0 Å². The van der Waals surface area contributed by atoms with Gasteiger partial charge in [-0.25, -0.2) is 0 Å². The number of hydrogen-bond acceptors (Lipinski definition) is 4. The highest BCUT2D eigenvalue weighted by Gasteiger charge is 2.31. The number of aromatic nitrogens is 2. The van der Waals surface area contributed by atoms with E-state index in [9.17, 15) is 13.2 Å². The molecule has 0 unspecified atom stereocenters. The first kappa shape index (κ1) is 19.9. The highest BCUT2D eigenvalue weighted by Crippen LogP contribution is 2.28. The Kier molecular flexibility index (Phi) is 5.72. The lowest BCUT2D eigenvalue weighted by Crippen LogP contribution is -2.16. The van der Waals surface area contributed by atoms with Gasteiger partial charge in [-0.15, -0.1) is 13.2 Å². The van der Waals surface area contributed by atoms with Crippen LogP contribution < -0.4 is 4.74 Å². The molecular weight excluding hydrogens is 369 g/mol. The zero-order chi connectivity index (χ0) is 20.3. The summed E-state index contributed by atoms with van der Waals surface area (Å²) in [6.45, 7) is 6.32. The molecule has 0 bridgehead atoms. The van der Waals surface area contributed by atoms with E-state index in [1.54, 1.807) is 0 Å². The molecule has 0 aliphatic carbocycles. The van der Waals surface area contributed by atoms with E-state index in [0.29, 0.717) is 23.2 Å². The fourth-order valence-electron chi connectivity index (χ4n) is 2.89. The maximum atomic E-state index is 12.2. The second-order valence-corrected chi connectivity index (χ2v) is 7.09. The molecule has 3 rings (SSSR count). The molecule has 0 aliphatic heterocycles. The van der Waals surface area contributed by atoms with Gasteiger partial charge in [0.15, 0.2) is 0 Å². The van der Waals surface area contributed by atoms with Crippen molar-refractivity contribution in [3.8, 4) is 17.1 Å². The minimum atomic E-state index is -4.72. The van der Waals surface area contributed by atoms with Crippen LogP contribution in [-0.2, 0) is 6.42 Å². The van der Waals surface area contributed by atoms with E-state index in [2.05, 4.69) is 53.0 Å². The van der Waals surface area contributed by atoms with Crippen LogP contribution >= 0.6 is 0 Å². The van der Waals surface area contributed by atoms with Gasteiger partial charge in [0.1, 0.15) is 5.75 Å². The van der Waals surface area contributed by atoms with Gasteiger partial charge >= 0.3 is 6.36 Å². The van der Waals surface area contributed by atoms with Crippen LogP contribution in [0.4, 0.5) is 13.2 Å². The number of benzene rings is 2. The number of ether oxygens (including phenoxy) is 1. The first-order valence-corrected chi connectivity index (χ1v) is 9.00. The Balaban J connectivity index is 1.72. The number of alkyl halides is 3. The van der Waals surface area contributed by atoms with Crippen molar-refractivity contribution in [2.75, 3.05) is 0 Å². The Morgan fingerprint density at radius 2 is 1.61 bits per heavy atom. The highest BCUT2D eigenvalue weighted by atomic mass is 19.4. The van der Waals surface area contributed by atoms with Crippen molar-refractivity contribution in [2.24, 2.45) is 5.92 Å². The topological polar surface area (TPSA) is 48.2 Å². The van der Waals surface area contributed by atoms with E-state index < -0.39 is 6.36 Å². The number of hydrogen-bond donors (Lipinski definition) is 0. The molecule has 0 amide bonds. The molecular formula is C21H21F3N2O2. The zero-order valence-corrected chi connectivity index (χ0v) is 15.8. The molecule has 0 saturated carbocycles. The lowest BCUT2D eigenvalue weighted by molar-refractivity contribution is -0.274. The van der Waals surface area contributed by atoms with Crippen LogP contribution in [0.3, 0.4) is 0 Å². The van der Waals surface area contributed by atoms with Crippen LogP contribution in [0.2, 0.25) is 0 Å². The Morgan fingerprint density at radius 1 is 0.964 bits per heavy atom. The highest BCUT2D eigenvalue weighted by molar-refractivity contribution is 5.55. The lowest BCUT2D eigenvalue weighted by atomic mass is 9.97. The van der Waals surface area contributed by atoms with E-state index >= 15 is 0 Å². The van der Waals surface area contributed by atoms with Gasteiger partial charge < -0.3 is 9.26 Å². The van der Waals surface area contributed by atoms with Crippen LogP contribution in [0.25, 0.3) is 11.4 Å². The molecule has 0 radical (unpaired) electrons. The predicted molar refractivity (Wildman–Crippen MR) is 98.9 cm³/mol. The first-order valence-electron chi connectivity index (χ1n) is 9.00. The normalized spacial score (nSPS) is 13.0. The van der Waals surface area contributed by atoms with Gasteiger partial charge in [0, 0.05) is 5.56 Å². The van der Waals surface area contributed by atoms with Crippen LogP contribution in [0, 0.1) is 5.92 Å². The van der Waals surface area contributed by atoms with Gasteiger partial charge in [-0.2, -0.15) is 4.98 Å². The number of rotatable bonds is 6. The van der Waals surface area contributed by atoms with Gasteiger partial charge in [0.2, 0.25) is 11.7 Å². The van der Waals surface area contributed by atoms with Crippen molar-refractivity contribution in [1.82, 2.24) is 10.1 Å². The summed E-state index contributed by atoms with van der Waals surface area (Å²) in [7, 11) is 0. The van der Waals surface area contributed by atoms with Crippen molar-refractivity contribution in [1.29, 1.82) is 0 Å². The summed E-state index contributed by atoms with van der Waals surface area (Å²) in [5.41, 5.74) is 2.87. The Bertz CT molecular complexity index is 901. The summed E-state index contributed by atoms with van der Waals surface area (Å²) in [5.74, 6) is 0.964. The van der Waals surface area contributed by atoms with E-state index in [1.165, 1.54) is 29.8 Å². The van der Waals surface area contributed by atoms with Gasteiger partial charge in [0.05, 0.1) is 5.92 Å². The Hall–Kier alpha value is -2.83. The minimum absolute atomic E-state index is 0.0952. The molecule has 0 N–H and O–H groups in total. The second-order valence-electron chi connectivity index (χ2n) is 7.09. The third-order valence-electron chi connectivity index (χ3n) is 4.28. The molecule has 1 aromatic heterocycles. The average molecular weight is 390 g/mol. The fourth-order valence-corrected chi connectivity index (χ4v) is 2.89. The smallest absolute Gasteiger partial charge is 0.406 e. The first-order chi connectivity index (χ1) is 13.2. The summed E-state index contributed by atoms with van der Waals surface area (Å²) in [5, 5.41) is 3.95. The number of halogens is 3.